The van der Waals surface area contributed by atoms with Crippen LogP contribution >= 0.6 is 15.9 Å². The molecule has 0 fully saturated rings. The maximum Gasteiger partial charge on any atom is 0.208 e. The average Bonchev–Trinajstić information content (AvgIpc) is 2.69. The molecule has 2 heterocycles. The van der Waals surface area contributed by atoms with Crippen LogP contribution in [0.4, 0.5) is 0 Å². The fraction of sp³-hybridized carbons (Fsp3) is 0.182. The summed E-state index contributed by atoms with van der Waals surface area (Å²) >= 11 is 3.44. The minimum Gasteiger partial charge on any atom is -0.339 e. The molecule has 0 bridgehead atoms. The van der Waals surface area contributed by atoms with Crippen LogP contribution in [0.25, 0.3) is 5.52 Å². The number of carbonyl (C=O) groups excluding carboxylic acids is 1. The lowest BCUT2D eigenvalue weighted by Gasteiger charge is -2.07. The molecule has 0 spiro atoms. The van der Waals surface area contributed by atoms with Gasteiger partial charge in [-0.15, -0.1) is 0 Å². The van der Waals surface area contributed by atoms with Gasteiger partial charge >= 0.3 is 0 Å². The lowest BCUT2D eigenvalue weighted by atomic mass is 10.1. The van der Waals surface area contributed by atoms with Crippen molar-refractivity contribution in [1.29, 1.82) is 5.26 Å². The predicted octanol–water partition coefficient (Wildman–Crippen LogP) is 1.72. The molecule has 2 aromatic heterocycles. The van der Waals surface area contributed by atoms with E-state index in [0.717, 1.165) is 15.6 Å². The molecule has 5 nitrogen and oxygen atoms in total. The zero-order valence-electron chi connectivity index (χ0n) is 9.01. The molecule has 0 radical (unpaired) electrons. The zero-order valence-corrected chi connectivity index (χ0v) is 10.6. The van der Waals surface area contributed by atoms with Crippen molar-refractivity contribution in [1.82, 2.24) is 14.9 Å². The van der Waals surface area contributed by atoms with E-state index in [2.05, 4.69) is 26.3 Å². The second-order valence-corrected chi connectivity index (χ2v) is 4.46. The predicted molar refractivity (Wildman–Crippen MR) is 65.2 cm³/mol. The number of aryl methyl sites for hydroxylation is 1. The van der Waals surface area contributed by atoms with E-state index in [1.54, 1.807) is 10.7 Å². The van der Waals surface area contributed by atoms with E-state index in [0.29, 0.717) is 12.0 Å². The number of halogens is 1. The van der Waals surface area contributed by atoms with Gasteiger partial charge in [-0.05, 0) is 34.5 Å². The Morgan fingerprint density at radius 3 is 3.12 bits per heavy atom. The molecule has 1 amide bonds. The number of hydrogen-bond donors (Lipinski definition) is 1. The van der Waals surface area contributed by atoms with Crippen molar-refractivity contribution >= 4 is 27.9 Å². The van der Waals surface area contributed by atoms with E-state index in [9.17, 15) is 4.79 Å². The van der Waals surface area contributed by atoms with Crippen LogP contribution < -0.4 is 5.32 Å². The number of rotatable bonds is 3. The molecule has 0 aliphatic rings. The third-order valence-corrected chi connectivity index (χ3v) is 3.01. The van der Waals surface area contributed by atoms with Crippen molar-refractivity contribution in [2.24, 2.45) is 0 Å². The minimum atomic E-state index is -0.691. The molecule has 2 aromatic rings. The van der Waals surface area contributed by atoms with Gasteiger partial charge in [0.2, 0.25) is 6.41 Å². The standard InChI is InChI=1S/C11H9BrN4O/c1-7-2-9(12)11-8(4-15-16(11)5-7)10(3-13)14-6-17/h2,4-6,10H,1H3,(H,14,17). The van der Waals surface area contributed by atoms with Crippen molar-refractivity contribution in [3.8, 4) is 6.07 Å². The average molecular weight is 293 g/mol. The van der Waals surface area contributed by atoms with Gasteiger partial charge in [-0.2, -0.15) is 10.4 Å². The topological polar surface area (TPSA) is 70.2 Å². The van der Waals surface area contributed by atoms with Crippen LogP contribution in [-0.4, -0.2) is 16.0 Å². The summed E-state index contributed by atoms with van der Waals surface area (Å²) in [6, 6.07) is 3.27. The molecular weight excluding hydrogens is 284 g/mol. The number of aromatic nitrogens is 2. The second-order valence-electron chi connectivity index (χ2n) is 3.61. The molecule has 1 unspecified atom stereocenters. The third-order valence-electron chi connectivity index (χ3n) is 2.41. The van der Waals surface area contributed by atoms with Gasteiger partial charge in [0.1, 0.15) is 6.04 Å². The first-order chi connectivity index (χ1) is 8.17. The Morgan fingerprint density at radius 1 is 1.71 bits per heavy atom. The van der Waals surface area contributed by atoms with Crippen molar-refractivity contribution in [2.75, 3.05) is 0 Å². The molecule has 0 aromatic carbocycles. The molecule has 0 aliphatic carbocycles. The van der Waals surface area contributed by atoms with E-state index in [4.69, 9.17) is 5.26 Å². The maximum atomic E-state index is 10.4. The zero-order chi connectivity index (χ0) is 12.4. The van der Waals surface area contributed by atoms with E-state index in [-0.39, 0.29) is 0 Å². The molecule has 86 valence electrons. The highest BCUT2D eigenvalue weighted by atomic mass is 79.9. The van der Waals surface area contributed by atoms with Crippen LogP contribution in [-0.2, 0) is 4.79 Å². The molecule has 17 heavy (non-hydrogen) atoms. The quantitative estimate of drug-likeness (QED) is 0.876. The Morgan fingerprint density at radius 2 is 2.47 bits per heavy atom. The smallest absolute Gasteiger partial charge is 0.208 e. The Balaban J connectivity index is 2.63. The largest absolute Gasteiger partial charge is 0.339 e. The van der Waals surface area contributed by atoms with Crippen molar-refractivity contribution in [3.63, 3.8) is 0 Å². The number of pyridine rings is 1. The van der Waals surface area contributed by atoms with Gasteiger partial charge in [0.05, 0.1) is 17.8 Å². The highest BCUT2D eigenvalue weighted by Gasteiger charge is 2.17. The fourth-order valence-electron chi connectivity index (χ4n) is 1.70. The Hall–Kier alpha value is -1.87. The summed E-state index contributed by atoms with van der Waals surface area (Å²) < 4.78 is 2.53. The lowest BCUT2D eigenvalue weighted by Crippen LogP contribution is -2.17. The van der Waals surface area contributed by atoms with Crippen LogP contribution in [0.3, 0.4) is 0 Å². The SMILES string of the molecule is Cc1cc(Br)c2c(C(C#N)NC=O)cnn2c1. The van der Waals surface area contributed by atoms with Gasteiger partial charge in [0.25, 0.3) is 0 Å². The van der Waals surface area contributed by atoms with E-state index in [1.165, 1.54) is 0 Å². The number of carbonyl (C=O) groups is 1. The van der Waals surface area contributed by atoms with Crippen LogP contribution in [0.15, 0.2) is 22.9 Å². The van der Waals surface area contributed by atoms with Crippen LogP contribution in [0.2, 0.25) is 0 Å². The first-order valence-electron chi connectivity index (χ1n) is 4.90. The Bertz CT molecular complexity index is 614. The number of nitriles is 1. The summed E-state index contributed by atoms with van der Waals surface area (Å²) in [7, 11) is 0. The molecule has 2 rings (SSSR count). The van der Waals surface area contributed by atoms with Gasteiger partial charge in [-0.1, -0.05) is 0 Å². The number of nitrogens with one attached hydrogen (secondary N) is 1. The van der Waals surface area contributed by atoms with Crippen molar-refractivity contribution in [2.45, 2.75) is 13.0 Å². The van der Waals surface area contributed by atoms with Gasteiger partial charge in [0.15, 0.2) is 0 Å². The fourth-order valence-corrected chi connectivity index (χ4v) is 2.47. The molecule has 6 heteroatoms. The summed E-state index contributed by atoms with van der Waals surface area (Å²) in [6.07, 6.45) is 3.96. The van der Waals surface area contributed by atoms with Gasteiger partial charge < -0.3 is 5.32 Å². The van der Waals surface area contributed by atoms with Gasteiger partial charge in [-0.25, -0.2) is 4.52 Å². The van der Waals surface area contributed by atoms with E-state index >= 15 is 0 Å². The number of hydrogen-bond acceptors (Lipinski definition) is 3. The van der Waals surface area contributed by atoms with Crippen molar-refractivity contribution in [3.05, 3.63) is 34.1 Å². The monoisotopic (exact) mass is 292 g/mol. The molecule has 1 N–H and O–H groups in total. The van der Waals surface area contributed by atoms with Crippen LogP contribution in [0.5, 0.6) is 0 Å². The summed E-state index contributed by atoms with van der Waals surface area (Å²) in [4.78, 5) is 10.4. The van der Waals surface area contributed by atoms with E-state index in [1.807, 2.05) is 25.3 Å². The van der Waals surface area contributed by atoms with Gasteiger partial charge in [0, 0.05) is 16.2 Å². The number of nitrogens with zero attached hydrogens (tertiary/aromatic N) is 3. The molecule has 1 atom stereocenters. The minimum absolute atomic E-state index is 0.513. The summed E-state index contributed by atoms with van der Waals surface area (Å²) in [6.45, 7) is 1.96. The normalized spacial score (nSPS) is 12.1. The van der Waals surface area contributed by atoms with E-state index < -0.39 is 6.04 Å². The third kappa shape index (κ3) is 2.01. The summed E-state index contributed by atoms with van der Waals surface area (Å²) in [5.41, 5.74) is 2.51. The van der Waals surface area contributed by atoms with Crippen LogP contribution in [0.1, 0.15) is 17.2 Å². The van der Waals surface area contributed by atoms with Crippen LogP contribution in [0, 0.1) is 18.3 Å². The molecule has 0 saturated carbocycles. The van der Waals surface area contributed by atoms with Gasteiger partial charge in [-0.3, -0.25) is 4.79 Å². The second kappa shape index (κ2) is 4.55. The van der Waals surface area contributed by atoms with Crippen molar-refractivity contribution < 1.29 is 4.79 Å². The molecule has 0 aliphatic heterocycles. The Kier molecular flexibility index (Phi) is 3.11. The highest BCUT2D eigenvalue weighted by molar-refractivity contribution is 9.10. The number of amides is 1. The summed E-state index contributed by atoms with van der Waals surface area (Å²) in [5.74, 6) is 0. The maximum absolute atomic E-state index is 10.4. The Labute approximate surface area is 106 Å². The lowest BCUT2D eigenvalue weighted by molar-refractivity contribution is -0.109. The number of fused-ring (bicyclic) bond motifs is 1. The first-order valence-corrected chi connectivity index (χ1v) is 5.69. The molecule has 0 saturated heterocycles. The summed E-state index contributed by atoms with van der Waals surface area (Å²) in [5, 5.41) is 15.6. The first kappa shape index (κ1) is 11.6. The highest BCUT2D eigenvalue weighted by Crippen LogP contribution is 2.26. The molecular formula is C11H9BrN4O.